The van der Waals surface area contributed by atoms with Gasteiger partial charge in [-0.25, -0.2) is 8.42 Å². The van der Waals surface area contributed by atoms with Crippen LogP contribution in [-0.2, 0) is 21.4 Å². The molecule has 0 spiro atoms. The summed E-state index contributed by atoms with van der Waals surface area (Å²) in [6.45, 7) is 3.64. The average molecular weight is 507 g/mol. The van der Waals surface area contributed by atoms with Crippen LogP contribution in [0.5, 0.6) is 5.75 Å². The number of halogens is 2. The van der Waals surface area contributed by atoms with E-state index in [-0.39, 0.29) is 33.3 Å². The number of sulfonamides is 1. The largest absolute Gasteiger partial charge is 0.491 e. The van der Waals surface area contributed by atoms with Gasteiger partial charge in [0.2, 0.25) is 5.91 Å². The minimum Gasteiger partial charge on any atom is -0.491 e. The van der Waals surface area contributed by atoms with Crippen LogP contribution in [0.15, 0.2) is 77.7 Å². The molecule has 1 amide bonds. The summed E-state index contributed by atoms with van der Waals surface area (Å²) in [6, 6.07) is 19.7. The smallest absolute Gasteiger partial charge is 0.264 e. The molecule has 0 aromatic heterocycles. The van der Waals surface area contributed by atoms with E-state index in [4.69, 9.17) is 27.9 Å². The monoisotopic (exact) mass is 506 g/mol. The SMILES string of the molecule is CC(C)Oc1cccc(CNC(=O)CN(c2ccc(Cl)c(Cl)c2)S(=O)(=O)c2ccccc2)c1. The molecule has 0 aliphatic rings. The second-order valence-electron chi connectivity index (χ2n) is 7.51. The van der Waals surface area contributed by atoms with Crippen LogP contribution >= 0.6 is 23.2 Å². The summed E-state index contributed by atoms with van der Waals surface area (Å²) >= 11 is 12.1. The van der Waals surface area contributed by atoms with Crippen LogP contribution in [0.2, 0.25) is 10.0 Å². The fraction of sp³-hybridized carbons (Fsp3) is 0.208. The van der Waals surface area contributed by atoms with Gasteiger partial charge in [-0.2, -0.15) is 0 Å². The van der Waals surface area contributed by atoms with E-state index in [0.29, 0.717) is 5.75 Å². The van der Waals surface area contributed by atoms with E-state index >= 15 is 0 Å². The zero-order valence-electron chi connectivity index (χ0n) is 18.2. The van der Waals surface area contributed by atoms with Crippen LogP contribution in [-0.4, -0.2) is 27.0 Å². The number of hydrogen-bond donors (Lipinski definition) is 1. The number of rotatable bonds is 9. The highest BCUT2D eigenvalue weighted by atomic mass is 35.5. The van der Waals surface area contributed by atoms with Gasteiger partial charge in [0.15, 0.2) is 0 Å². The summed E-state index contributed by atoms with van der Waals surface area (Å²) in [5.41, 5.74) is 1.06. The maximum Gasteiger partial charge on any atom is 0.264 e. The summed E-state index contributed by atoms with van der Waals surface area (Å²) in [4.78, 5) is 12.8. The molecule has 0 aliphatic carbocycles. The zero-order valence-corrected chi connectivity index (χ0v) is 20.5. The average Bonchev–Trinajstić information content (AvgIpc) is 2.78. The molecule has 0 saturated heterocycles. The number of nitrogens with zero attached hydrogens (tertiary/aromatic N) is 1. The third-order valence-corrected chi connectivity index (χ3v) is 7.10. The molecule has 9 heteroatoms. The molecule has 0 fully saturated rings. The van der Waals surface area contributed by atoms with Crippen molar-refractivity contribution in [2.75, 3.05) is 10.8 Å². The van der Waals surface area contributed by atoms with Crippen LogP contribution in [0.25, 0.3) is 0 Å². The van der Waals surface area contributed by atoms with Gasteiger partial charge in [-0.1, -0.05) is 53.5 Å². The van der Waals surface area contributed by atoms with Gasteiger partial charge in [-0.05, 0) is 61.9 Å². The number of carbonyl (C=O) groups excluding carboxylic acids is 1. The molecule has 0 bridgehead atoms. The first kappa shape index (κ1) is 24.9. The van der Waals surface area contributed by atoms with Crippen molar-refractivity contribution in [2.45, 2.75) is 31.4 Å². The van der Waals surface area contributed by atoms with Crippen molar-refractivity contribution in [2.24, 2.45) is 0 Å². The van der Waals surface area contributed by atoms with Crippen LogP contribution in [0.1, 0.15) is 19.4 Å². The van der Waals surface area contributed by atoms with Gasteiger partial charge < -0.3 is 10.1 Å². The van der Waals surface area contributed by atoms with Crippen molar-refractivity contribution in [3.63, 3.8) is 0 Å². The molecule has 3 aromatic carbocycles. The van der Waals surface area contributed by atoms with Gasteiger partial charge in [-0.3, -0.25) is 9.10 Å². The van der Waals surface area contributed by atoms with Gasteiger partial charge in [0, 0.05) is 6.54 Å². The molecule has 3 rings (SSSR count). The number of hydrogen-bond acceptors (Lipinski definition) is 4. The van der Waals surface area contributed by atoms with Gasteiger partial charge >= 0.3 is 0 Å². The Morgan fingerprint density at radius 1 is 0.970 bits per heavy atom. The van der Waals surface area contributed by atoms with Crippen LogP contribution < -0.4 is 14.4 Å². The molecular weight excluding hydrogens is 483 g/mol. The van der Waals surface area contributed by atoms with Crippen molar-refractivity contribution >= 4 is 44.8 Å². The Morgan fingerprint density at radius 3 is 2.36 bits per heavy atom. The van der Waals surface area contributed by atoms with Crippen molar-refractivity contribution in [3.05, 3.63) is 88.4 Å². The van der Waals surface area contributed by atoms with E-state index in [0.717, 1.165) is 9.87 Å². The summed E-state index contributed by atoms with van der Waals surface area (Å²) in [7, 11) is -4.03. The Morgan fingerprint density at radius 2 is 1.70 bits per heavy atom. The second-order valence-corrected chi connectivity index (χ2v) is 10.2. The molecule has 174 valence electrons. The van der Waals surface area contributed by atoms with Crippen LogP contribution in [0, 0.1) is 0 Å². The van der Waals surface area contributed by atoms with E-state index in [1.165, 1.54) is 30.3 Å². The van der Waals surface area contributed by atoms with Crippen LogP contribution in [0.3, 0.4) is 0 Å². The third-order valence-electron chi connectivity index (χ3n) is 4.57. The summed E-state index contributed by atoms with van der Waals surface area (Å²) in [5.74, 6) is 0.219. The lowest BCUT2D eigenvalue weighted by Crippen LogP contribution is -2.40. The fourth-order valence-corrected chi connectivity index (χ4v) is 4.79. The number of benzene rings is 3. The quantitative estimate of drug-likeness (QED) is 0.427. The highest BCUT2D eigenvalue weighted by molar-refractivity contribution is 7.92. The summed E-state index contributed by atoms with van der Waals surface area (Å²) < 4.78 is 33.4. The molecule has 0 atom stereocenters. The van der Waals surface area contributed by atoms with E-state index in [1.807, 2.05) is 38.1 Å². The topological polar surface area (TPSA) is 75.7 Å². The standard InChI is InChI=1S/C24H24Cl2N2O4S/c1-17(2)32-20-8-6-7-18(13-20)15-27-24(29)16-28(19-11-12-22(25)23(26)14-19)33(30,31)21-9-4-3-5-10-21/h3-14,17H,15-16H2,1-2H3,(H,27,29). The maximum absolute atomic E-state index is 13.3. The first-order chi connectivity index (χ1) is 15.7. The Labute approximate surface area is 204 Å². The lowest BCUT2D eigenvalue weighted by molar-refractivity contribution is -0.119. The van der Waals surface area contributed by atoms with Gasteiger partial charge in [-0.15, -0.1) is 0 Å². The molecule has 33 heavy (non-hydrogen) atoms. The van der Waals surface area contributed by atoms with E-state index in [1.54, 1.807) is 18.2 Å². The molecule has 0 heterocycles. The van der Waals surface area contributed by atoms with Gasteiger partial charge in [0.1, 0.15) is 12.3 Å². The minimum atomic E-state index is -4.03. The van der Waals surface area contributed by atoms with E-state index in [2.05, 4.69) is 5.32 Å². The Bertz CT molecular complexity index is 1220. The predicted octanol–water partition coefficient (Wildman–Crippen LogP) is 5.29. The fourth-order valence-electron chi connectivity index (χ4n) is 3.06. The van der Waals surface area contributed by atoms with Crippen LogP contribution in [0.4, 0.5) is 5.69 Å². The molecule has 1 N–H and O–H groups in total. The number of ether oxygens (including phenoxy) is 1. The maximum atomic E-state index is 13.3. The Hall–Kier alpha value is -2.74. The highest BCUT2D eigenvalue weighted by Crippen LogP contribution is 2.30. The van der Waals surface area contributed by atoms with Gasteiger partial charge in [0.25, 0.3) is 10.0 Å². The Kier molecular flexibility index (Phi) is 8.24. The van der Waals surface area contributed by atoms with Gasteiger partial charge in [0.05, 0.1) is 26.7 Å². The van der Waals surface area contributed by atoms with Crippen molar-refractivity contribution < 1.29 is 17.9 Å². The second kappa shape index (κ2) is 10.9. The van der Waals surface area contributed by atoms with Crippen molar-refractivity contribution in [1.29, 1.82) is 0 Å². The highest BCUT2D eigenvalue weighted by Gasteiger charge is 2.27. The molecule has 0 saturated carbocycles. The van der Waals surface area contributed by atoms with E-state index < -0.39 is 22.5 Å². The lowest BCUT2D eigenvalue weighted by atomic mass is 10.2. The number of amides is 1. The third kappa shape index (κ3) is 6.63. The van der Waals surface area contributed by atoms with E-state index in [9.17, 15) is 13.2 Å². The normalized spacial score (nSPS) is 11.3. The van der Waals surface area contributed by atoms with Crippen molar-refractivity contribution in [3.8, 4) is 5.75 Å². The number of anilines is 1. The Balaban J connectivity index is 1.81. The molecular formula is C24H24Cl2N2O4S. The lowest BCUT2D eigenvalue weighted by Gasteiger charge is -2.24. The minimum absolute atomic E-state index is 0.0257. The molecule has 0 aliphatic heterocycles. The number of carbonyl (C=O) groups is 1. The van der Waals surface area contributed by atoms with Crippen molar-refractivity contribution in [1.82, 2.24) is 5.32 Å². The molecule has 3 aromatic rings. The molecule has 0 radical (unpaired) electrons. The first-order valence-corrected chi connectivity index (χ1v) is 12.4. The molecule has 0 unspecified atom stereocenters. The zero-order chi connectivity index (χ0) is 24.0. The number of nitrogens with one attached hydrogen (secondary N) is 1. The molecule has 6 nitrogen and oxygen atoms in total. The summed E-state index contributed by atoms with van der Waals surface area (Å²) in [6.07, 6.45) is 0.0257. The first-order valence-electron chi connectivity index (χ1n) is 10.2. The summed E-state index contributed by atoms with van der Waals surface area (Å²) in [5, 5.41) is 3.24. The predicted molar refractivity (Wildman–Crippen MR) is 131 cm³/mol.